The summed E-state index contributed by atoms with van der Waals surface area (Å²) in [7, 11) is 1.88. The molecule has 1 atom stereocenters. The predicted octanol–water partition coefficient (Wildman–Crippen LogP) is 1.25. The molecule has 0 aliphatic rings. The van der Waals surface area contributed by atoms with E-state index in [0.29, 0.717) is 6.54 Å². The van der Waals surface area contributed by atoms with Gasteiger partial charge < -0.3 is 5.32 Å². The van der Waals surface area contributed by atoms with Gasteiger partial charge in [0, 0.05) is 19.8 Å². The highest BCUT2D eigenvalue weighted by Gasteiger charge is 2.10. The number of aryl methyl sites for hydroxylation is 1. The topological polar surface area (TPSA) is 46.9 Å². The number of alkyl halides is 1. The Balaban J connectivity index is 2.24. The van der Waals surface area contributed by atoms with Crippen molar-refractivity contribution in [3.8, 4) is 0 Å². The van der Waals surface area contributed by atoms with E-state index in [4.69, 9.17) is 0 Å². The molecule has 15 heavy (non-hydrogen) atoms. The maximum atomic E-state index is 11.4. The molecule has 0 bridgehead atoms. The van der Waals surface area contributed by atoms with E-state index in [-0.39, 0.29) is 10.7 Å². The van der Waals surface area contributed by atoms with E-state index in [0.717, 1.165) is 18.4 Å². The summed E-state index contributed by atoms with van der Waals surface area (Å²) < 4.78 is 1.76. The molecule has 5 heteroatoms. The minimum atomic E-state index is -0.0774. The third-order valence-corrected chi connectivity index (χ3v) is 3.18. The average molecular weight is 274 g/mol. The number of rotatable bonds is 5. The standard InChI is InChI=1S/C10H16BrN3O/c1-3-9(11)10(15)12-5-4-8-6-13-14(2)7-8/h6-7,9H,3-5H2,1-2H3,(H,12,15). The van der Waals surface area contributed by atoms with Crippen molar-refractivity contribution < 1.29 is 4.79 Å². The van der Waals surface area contributed by atoms with E-state index in [1.807, 2.05) is 26.4 Å². The molecule has 0 saturated carbocycles. The molecule has 0 aromatic carbocycles. The lowest BCUT2D eigenvalue weighted by Gasteiger charge is -2.07. The number of aromatic nitrogens is 2. The maximum absolute atomic E-state index is 11.4. The highest BCUT2D eigenvalue weighted by molar-refractivity contribution is 9.10. The van der Waals surface area contributed by atoms with Crippen molar-refractivity contribution in [2.24, 2.45) is 7.05 Å². The fraction of sp³-hybridized carbons (Fsp3) is 0.600. The van der Waals surface area contributed by atoms with Crippen molar-refractivity contribution in [1.29, 1.82) is 0 Å². The number of hydrogen-bond acceptors (Lipinski definition) is 2. The number of amides is 1. The van der Waals surface area contributed by atoms with E-state index in [9.17, 15) is 4.79 Å². The molecule has 1 amide bonds. The second kappa shape index (κ2) is 5.90. The summed E-state index contributed by atoms with van der Waals surface area (Å²) in [6.45, 7) is 2.63. The number of nitrogens with zero attached hydrogens (tertiary/aromatic N) is 2. The Bertz CT molecular complexity index is 324. The molecule has 1 unspecified atom stereocenters. The first-order valence-electron chi connectivity index (χ1n) is 5.02. The molecule has 0 spiro atoms. The first-order chi connectivity index (χ1) is 7.13. The number of carbonyl (C=O) groups excluding carboxylic acids is 1. The van der Waals surface area contributed by atoms with Gasteiger partial charge in [-0.05, 0) is 18.4 Å². The Kier molecular flexibility index (Phi) is 4.81. The second-order valence-electron chi connectivity index (χ2n) is 3.44. The number of nitrogens with one attached hydrogen (secondary N) is 1. The molecular formula is C10H16BrN3O. The van der Waals surface area contributed by atoms with Gasteiger partial charge in [-0.3, -0.25) is 9.48 Å². The zero-order valence-corrected chi connectivity index (χ0v) is 10.6. The number of hydrogen-bond donors (Lipinski definition) is 1. The van der Waals surface area contributed by atoms with Crippen LogP contribution in [0.2, 0.25) is 0 Å². The number of halogens is 1. The van der Waals surface area contributed by atoms with Crippen LogP contribution >= 0.6 is 15.9 Å². The predicted molar refractivity (Wildman–Crippen MR) is 62.9 cm³/mol. The third-order valence-electron chi connectivity index (χ3n) is 2.11. The molecule has 0 aliphatic carbocycles. The molecule has 0 radical (unpaired) electrons. The molecule has 84 valence electrons. The maximum Gasteiger partial charge on any atom is 0.233 e. The van der Waals surface area contributed by atoms with Gasteiger partial charge in [0.25, 0.3) is 0 Å². The molecule has 1 heterocycles. The fourth-order valence-electron chi connectivity index (χ4n) is 1.23. The molecule has 1 rings (SSSR count). The highest BCUT2D eigenvalue weighted by atomic mass is 79.9. The summed E-state index contributed by atoms with van der Waals surface area (Å²) in [5.41, 5.74) is 1.14. The van der Waals surface area contributed by atoms with Crippen LogP contribution in [0.1, 0.15) is 18.9 Å². The third kappa shape index (κ3) is 4.03. The van der Waals surface area contributed by atoms with Gasteiger partial charge in [-0.25, -0.2) is 0 Å². The van der Waals surface area contributed by atoms with E-state index in [1.165, 1.54) is 0 Å². The first kappa shape index (κ1) is 12.2. The molecule has 4 nitrogen and oxygen atoms in total. The van der Waals surface area contributed by atoms with Crippen molar-refractivity contribution in [2.75, 3.05) is 6.54 Å². The molecular weight excluding hydrogens is 258 g/mol. The van der Waals surface area contributed by atoms with Gasteiger partial charge in [-0.15, -0.1) is 0 Å². The van der Waals surface area contributed by atoms with Gasteiger partial charge in [-0.2, -0.15) is 5.10 Å². The van der Waals surface area contributed by atoms with Gasteiger partial charge in [0.15, 0.2) is 0 Å². The van der Waals surface area contributed by atoms with Gasteiger partial charge in [-0.1, -0.05) is 22.9 Å². The zero-order chi connectivity index (χ0) is 11.3. The minimum absolute atomic E-state index is 0.0568. The largest absolute Gasteiger partial charge is 0.355 e. The van der Waals surface area contributed by atoms with Crippen LogP contribution in [0.4, 0.5) is 0 Å². The minimum Gasteiger partial charge on any atom is -0.355 e. The Morgan fingerprint density at radius 1 is 1.73 bits per heavy atom. The van der Waals surface area contributed by atoms with E-state index < -0.39 is 0 Å². The fourth-order valence-corrected chi connectivity index (χ4v) is 1.39. The molecule has 1 aromatic heterocycles. The van der Waals surface area contributed by atoms with Crippen LogP contribution in [-0.2, 0) is 18.3 Å². The Hall–Kier alpha value is -0.840. The molecule has 0 fully saturated rings. The molecule has 0 saturated heterocycles. The summed E-state index contributed by atoms with van der Waals surface area (Å²) in [6, 6.07) is 0. The van der Waals surface area contributed by atoms with Gasteiger partial charge >= 0.3 is 0 Å². The lowest BCUT2D eigenvalue weighted by atomic mass is 10.2. The van der Waals surface area contributed by atoms with Crippen LogP contribution in [-0.4, -0.2) is 27.1 Å². The summed E-state index contributed by atoms with van der Waals surface area (Å²) in [4.78, 5) is 11.3. The van der Waals surface area contributed by atoms with Crippen LogP contribution in [0, 0.1) is 0 Å². The van der Waals surface area contributed by atoms with E-state index in [2.05, 4.69) is 26.3 Å². The first-order valence-corrected chi connectivity index (χ1v) is 5.94. The Morgan fingerprint density at radius 3 is 3.00 bits per heavy atom. The van der Waals surface area contributed by atoms with Crippen LogP contribution in [0.25, 0.3) is 0 Å². The SMILES string of the molecule is CCC(Br)C(=O)NCCc1cnn(C)c1. The second-order valence-corrected chi connectivity index (χ2v) is 4.54. The van der Waals surface area contributed by atoms with Gasteiger partial charge in [0.1, 0.15) is 0 Å². The van der Waals surface area contributed by atoms with Crippen molar-refractivity contribution in [2.45, 2.75) is 24.6 Å². The lowest BCUT2D eigenvalue weighted by molar-refractivity contribution is -0.120. The van der Waals surface area contributed by atoms with E-state index >= 15 is 0 Å². The van der Waals surface area contributed by atoms with Crippen LogP contribution in [0.3, 0.4) is 0 Å². The quantitative estimate of drug-likeness (QED) is 0.821. The summed E-state index contributed by atoms with van der Waals surface area (Å²) in [5.74, 6) is 0.0568. The summed E-state index contributed by atoms with van der Waals surface area (Å²) >= 11 is 3.30. The average Bonchev–Trinajstić information content (AvgIpc) is 2.63. The van der Waals surface area contributed by atoms with Crippen LogP contribution < -0.4 is 5.32 Å². The Labute approximate surface area is 98.2 Å². The molecule has 1 aromatic rings. The highest BCUT2D eigenvalue weighted by Crippen LogP contribution is 2.03. The smallest absolute Gasteiger partial charge is 0.233 e. The van der Waals surface area contributed by atoms with Crippen LogP contribution in [0.15, 0.2) is 12.4 Å². The summed E-state index contributed by atoms with van der Waals surface area (Å²) in [5, 5.41) is 6.93. The monoisotopic (exact) mass is 273 g/mol. The normalized spacial score (nSPS) is 12.5. The lowest BCUT2D eigenvalue weighted by Crippen LogP contribution is -2.32. The number of carbonyl (C=O) groups is 1. The van der Waals surface area contributed by atoms with Crippen molar-refractivity contribution >= 4 is 21.8 Å². The van der Waals surface area contributed by atoms with Gasteiger partial charge in [0.2, 0.25) is 5.91 Å². The van der Waals surface area contributed by atoms with E-state index in [1.54, 1.807) is 4.68 Å². The van der Waals surface area contributed by atoms with Crippen molar-refractivity contribution in [3.63, 3.8) is 0 Å². The van der Waals surface area contributed by atoms with Gasteiger partial charge in [0.05, 0.1) is 11.0 Å². The Morgan fingerprint density at radius 2 is 2.47 bits per heavy atom. The van der Waals surface area contributed by atoms with Crippen molar-refractivity contribution in [1.82, 2.24) is 15.1 Å². The molecule has 1 N–H and O–H groups in total. The van der Waals surface area contributed by atoms with Crippen LogP contribution in [0.5, 0.6) is 0 Å². The summed E-state index contributed by atoms with van der Waals surface area (Å²) in [6.07, 6.45) is 5.40. The zero-order valence-electron chi connectivity index (χ0n) is 9.03. The van der Waals surface area contributed by atoms with Crippen molar-refractivity contribution in [3.05, 3.63) is 18.0 Å². The molecule has 0 aliphatic heterocycles.